The van der Waals surface area contributed by atoms with Gasteiger partial charge in [-0.25, -0.2) is 14.8 Å². The van der Waals surface area contributed by atoms with Crippen LogP contribution in [0.4, 0.5) is 5.69 Å². The fraction of sp³-hybridized carbons (Fsp3) is 0.393. The van der Waals surface area contributed by atoms with E-state index in [0.717, 1.165) is 12.0 Å². The van der Waals surface area contributed by atoms with Crippen molar-refractivity contribution in [3.63, 3.8) is 0 Å². The van der Waals surface area contributed by atoms with Crippen LogP contribution in [0.3, 0.4) is 0 Å². The van der Waals surface area contributed by atoms with Crippen LogP contribution in [0.15, 0.2) is 72.8 Å². The molecule has 1 heterocycles. The smallest absolute Gasteiger partial charge is 0.336 e. The van der Waals surface area contributed by atoms with Crippen LogP contribution < -0.4 is 5.01 Å². The zero-order chi connectivity index (χ0) is 25.0. The normalized spacial score (nSPS) is 27.0. The topological polar surface area (TPSA) is 87.1 Å². The number of nitrogens with zero attached hydrogens (tertiary/aromatic N) is 2. The second-order valence-electron chi connectivity index (χ2n) is 10.3. The number of hydrazine groups is 1. The maximum absolute atomic E-state index is 14.0. The standard InChI is InChI=1S/C28H30N2O5/c1-18(25(33)35-17-19-10-6-4-7-11-19)23(31)24(32)30-22-16-20-14-15-28(22,27(20,2)3)26(34)29(30)21-12-8-5-9-13-21/h4-13,20,22-23,31H,1,14-17H2,2-3H3/t20-,22-,23+,28+/m1/s1. The largest absolute Gasteiger partial charge is 0.457 e. The summed E-state index contributed by atoms with van der Waals surface area (Å²) in [5.41, 5.74) is -0.0278. The second kappa shape index (κ2) is 8.34. The fourth-order valence-corrected chi connectivity index (χ4v) is 6.45. The highest BCUT2D eigenvalue weighted by atomic mass is 16.5. The molecule has 7 heteroatoms. The molecule has 1 N–H and O–H groups in total. The minimum Gasteiger partial charge on any atom is -0.457 e. The predicted octanol–water partition coefficient (Wildman–Crippen LogP) is 3.63. The highest BCUT2D eigenvalue weighted by Gasteiger charge is 2.75. The summed E-state index contributed by atoms with van der Waals surface area (Å²) in [7, 11) is 0. The van der Waals surface area contributed by atoms with Gasteiger partial charge in [0, 0.05) is 0 Å². The van der Waals surface area contributed by atoms with Crippen LogP contribution in [-0.2, 0) is 25.7 Å². The first-order chi connectivity index (χ1) is 16.7. The summed E-state index contributed by atoms with van der Waals surface area (Å²) in [6, 6.07) is 17.7. The number of para-hydroxylation sites is 1. The molecular formula is C28H30N2O5. The number of benzene rings is 2. The van der Waals surface area contributed by atoms with Gasteiger partial charge in [-0.05, 0) is 48.3 Å². The number of esters is 1. The molecule has 1 saturated heterocycles. The molecular weight excluding hydrogens is 444 g/mol. The lowest BCUT2D eigenvalue weighted by molar-refractivity contribution is -0.148. The predicted molar refractivity (Wildman–Crippen MR) is 130 cm³/mol. The highest BCUT2D eigenvalue weighted by molar-refractivity contribution is 6.07. The first-order valence-corrected chi connectivity index (χ1v) is 12.0. The van der Waals surface area contributed by atoms with Crippen molar-refractivity contribution < 1.29 is 24.2 Å². The van der Waals surface area contributed by atoms with Crippen molar-refractivity contribution >= 4 is 23.5 Å². The Morgan fingerprint density at radius 1 is 1.11 bits per heavy atom. The molecule has 2 bridgehead atoms. The lowest BCUT2D eigenvalue weighted by Crippen LogP contribution is -2.52. The van der Waals surface area contributed by atoms with E-state index in [2.05, 4.69) is 20.4 Å². The highest BCUT2D eigenvalue weighted by Crippen LogP contribution is 2.70. The molecule has 2 saturated carbocycles. The van der Waals surface area contributed by atoms with Gasteiger partial charge in [0.2, 0.25) is 0 Å². The zero-order valence-electron chi connectivity index (χ0n) is 20.0. The van der Waals surface area contributed by atoms with Gasteiger partial charge >= 0.3 is 5.97 Å². The Labute approximate surface area is 205 Å². The van der Waals surface area contributed by atoms with E-state index < -0.39 is 23.4 Å². The van der Waals surface area contributed by atoms with Gasteiger partial charge in [-0.3, -0.25) is 9.59 Å². The van der Waals surface area contributed by atoms with Gasteiger partial charge in [0.25, 0.3) is 11.8 Å². The maximum Gasteiger partial charge on any atom is 0.336 e. The third-order valence-electron chi connectivity index (χ3n) is 8.48. The zero-order valence-corrected chi connectivity index (χ0v) is 20.0. The molecule has 0 aromatic heterocycles. The van der Waals surface area contributed by atoms with Crippen LogP contribution in [0.5, 0.6) is 0 Å². The summed E-state index contributed by atoms with van der Waals surface area (Å²) in [6.45, 7) is 7.87. The number of aliphatic hydroxyl groups is 1. The van der Waals surface area contributed by atoms with Crippen LogP contribution in [0, 0.1) is 16.7 Å². The van der Waals surface area contributed by atoms with Crippen LogP contribution in [-0.4, -0.2) is 40.0 Å². The van der Waals surface area contributed by atoms with Crippen LogP contribution in [0.25, 0.3) is 0 Å². The molecule has 0 unspecified atom stereocenters. The van der Waals surface area contributed by atoms with Crippen LogP contribution in [0.1, 0.15) is 38.7 Å². The SMILES string of the molecule is C=C(C(=O)OCc1ccccc1)[C@H](O)C(=O)N1[C@@H]2C[C@H]3CC[C@]2(C(=O)N1c1ccccc1)C3(C)C. The molecule has 2 aromatic rings. The van der Waals surface area contributed by atoms with E-state index in [4.69, 9.17) is 4.74 Å². The van der Waals surface area contributed by atoms with Crippen LogP contribution >= 0.6 is 0 Å². The van der Waals surface area contributed by atoms with Gasteiger partial charge < -0.3 is 9.84 Å². The number of hydrogen-bond donors (Lipinski definition) is 1. The molecule has 0 radical (unpaired) electrons. The summed E-state index contributed by atoms with van der Waals surface area (Å²) < 4.78 is 5.27. The number of hydrogen-bond acceptors (Lipinski definition) is 5. The Morgan fingerprint density at radius 3 is 2.37 bits per heavy atom. The minimum atomic E-state index is -1.82. The lowest BCUT2D eigenvalue weighted by Gasteiger charge is -2.35. The molecule has 5 rings (SSSR count). The molecule has 3 aliphatic rings. The fourth-order valence-electron chi connectivity index (χ4n) is 6.45. The first kappa shape index (κ1) is 23.3. The molecule has 35 heavy (non-hydrogen) atoms. The van der Waals surface area contributed by atoms with Gasteiger partial charge in [-0.1, -0.05) is 69.0 Å². The first-order valence-electron chi connectivity index (χ1n) is 12.0. The molecule has 1 spiro atoms. The molecule has 2 aliphatic carbocycles. The van der Waals surface area contributed by atoms with Crippen molar-refractivity contribution in [2.45, 2.75) is 51.9 Å². The molecule has 182 valence electrons. The van der Waals surface area contributed by atoms with E-state index in [1.54, 1.807) is 24.3 Å². The number of carbonyl (C=O) groups excluding carboxylic acids is 3. The van der Waals surface area contributed by atoms with Crippen molar-refractivity contribution in [2.24, 2.45) is 16.7 Å². The summed E-state index contributed by atoms with van der Waals surface area (Å²) in [5.74, 6) is -1.42. The monoisotopic (exact) mass is 474 g/mol. The molecule has 3 fully saturated rings. The minimum absolute atomic E-state index is 0.000447. The van der Waals surface area contributed by atoms with E-state index in [9.17, 15) is 19.5 Å². The van der Waals surface area contributed by atoms with Crippen molar-refractivity contribution in [3.05, 3.63) is 78.4 Å². The summed E-state index contributed by atoms with van der Waals surface area (Å²) in [4.78, 5) is 40.4. The number of aliphatic hydroxyl groups excluding tert-OH is 1. The van der Waals surface area contributed by atoms with Gasteiger partial charge in [0.05, 0.1) is 22.7 Å². The quantitative estimate of drug-likeness (QED) is 0.510. The molecule has 2 amide bonds. The van der Waals surface area contributed by atoms with Crippen molar-refractivity contribution in [2.75, 3.05) is 5.01 Å². The summed E-state index contributed by atoms with van der Waals surface area (Å²) >= 11 is 0. The Hall–Kier alpha value is -3.45. The molecule has 1 aliphatic heterocycles. The van der Waals surface area contributed by atoms with Gasteiger partial charge in [0.1, 0.15) is 6.61 Å². The van der Waals surface area contributed by atoms with Crippen molar-refractivity contribution in [1.82, 2.24) is 5.01 Å². The lowest BCUT2D eigenvalue weighted by atomic mass is 9.67. The van der Waals surface area contributed by atoms with E-state index in [0.29, 0.717) is 24.4 Å². The Morgan fingerprint density at radius 2 is 1.74 bits per heavy atom. The van der Waals surface area contributed by atoms with E-state index in [-0.39, 0.29) is 29.5 Å². The van der Waals surface area contributed by atoms with E-state index in [1.165, 1.54) is 10.0 Å². The average molecular weight is 475 g/mol. The van der Waals surface area contributed by atoms with Crippen LogP contribution in [0.2, 0.25) is 0 Å². The molecule has 4 atom stereocenters. The molecule has 7 nitrogen and oxygen atoms in total. The third-order valence-corrected chi connectivity index (χ3v) is 8.48. The van der Waals surface area contributed by atoms with Gasteiger partial charge in [-0.15, -0.1) is 0 Å². The number of ether oxygens (including phenoxy) is 1. The number of amides is 2. The number of fused-ring (bicyclic) bond motifs is 1. The molecule has 2 aromatic carbocycles. The average Bonchev–Trinajstić information content (AvgIpc) is 3.39. The Balaban J connectivity index is 1.42. The second-order valence-corrected chi connectivity index (χ2v) is 10.3. The van der Waals surface area contributed by atoms with Gasteiger partial charge in [0.15, 0.2) is 6.10 Å². The van der Waals surface area contributed by atoms with E-state index >= 15 is 0 Å². The summed E-state index contributed by atoms with van der Waals surface area (Å²) in [5, 5.41) is 13.7. The Bertz CT molecular complexity index is 1180. The number of rotatable bonds is 6. The Kier molecular flexibility index (Phi) is 5.55. The maximum atomic E-state index is 14.0. The van der Waals surface area contributed by atoms with E-state index in [1.807, 2.05) is 36.4 Å². The number of anilines is 1. The van der Waals surface area contributed by atoms with Crippen molar-refractivity contribution in [1.29, 1.82) is 0 Å². The summed E-state index contributed by atoms with van der Waals surface area (Å²) in [6.07, 6.45) is 0.471. The van der Waals surface area contributed by atoms with Gasteiger partial charge in [-0.2, -0.15) is 0 Å². The third kappa shape index (κ3) is 3.32. The number of carbonyl (C=O) groups is 3. The van der Waals surface area contributed by atoms with Crippen molar-refractivity contribution in [3.8, 4) is 0 Å².